The third-order valence-electron chi connectivity index (χ3n) is 4.93. The Morgan fingerprint density at radius 3 is 2.55 bits per heavy atom. The van der Waals surface area contributed by atoms with Crippen LogP contribution in [0.1, 0.15) is 32.3 Å². The summed E-state index contributed by atoms with van der Waals surface area (Å²) < 4.78 is 11.0. The van der Waals surface area contributed by atoms with Crippen LogP contribution in [0.15, 0.2) is 24.3 Å². The van der Waals surface area contributed by atoms with Gasteiger partial charge >= 0.3 is 5.97 Å². The van der Waals surface area contributed by atoms with E-state index >= 15 is 0 Å². The first-order chi connectivity index (χ1) is 9.37. The number of methoxy groups -OCH3 is 1. The fourth-order valence-corrected chi connectivity index (χ4v) is 3.89. The van der Waals surface area contributed by atoms with Gasteiger partial charge < -0.3 is 9.47 Å². The van der Waals surface area contributed by atoms with Gasteiger partial charge in [0.2, 0.25) is 0 Å². The molecule has 1 saturated heterocycles. The molecule has 20 heavy (non-hydrogen) atoms. The average molecular weight is 295 g/mol. The van der Waals surface area contributed by atoms with E-state index in [9.17, 15) is 4.79 Å². The van der Waals surface area contributed by atoms with E-state index in [-0.39, 0.29) is 11.4 Å². The Bertz CT molecular complexity index is 551. The van der Waals surface area contributed by atoms with Gasteiger partial charge in [-0.15, -0.1) is 0 Å². The molecule has 0 unspecified atom stereocenters. The Kier molecular flexibility index (Phi) is 2.93. The lowest BCUT2D eigenvalue weighted by molar-refractivity contribution is -0.151. The normalized spacial score (nSPS) is 33.6. The number of carbonyl (C=O) groups is 1. The maximum absolute atomic E-state index is 12.3. The Hall–Kier alpha value is -1.06. The van der Waals surface area contributed by atoms with Gasteiger partial charge in [-0.3, -0.25) is 0 Å². The number of halogens is 1. The number of esters is 1. The first-order valence-corrected chi connectivity index (χ1v) is 7.28. The topological polar surface area (TPSA) is 38.8 Å². The van der Waals surface area contributed by atoms with Gasteiger partial charge in [0, 0.05) is 16.9 Å². The minimum Gasteiger partial charge on any atom is -0.467 e. The van der Waals surface area contributed by atoms with Crippen LogP contribution in [0.2, 0.25) is 5.02 Å². The number of hydrogen-bond donors (Lipinski definition) is 0. The summed E-state index contributed by atoms with van der Waals surface area (Å²) in [7, 11) is 1.43. The third-order valence-corrected chi connectivity index (χ3v) is 5.18. The molecular formula is C16H19ClO3. The van der Waals surface area contributed by atoms with E-state index in [1.165, 1.54) is 7.11 Å². The molecule has 0 radical (unpaired) electrons. The fourth-order valence-electron chi connectivity index (χ4n) is 3.77. The van der Waals surface area contributed by atoms with E-state index in [1.54, 1.807) is 0 Å². The number of hydrogen-bond acceptors (Lipinski definition) is 3. The molecule has 2 fully saturated rings. The van der Waals surface area contributed by atoms with Crippen molar-refractivity contribution in [3.05, 3.63) is 34.9 Å². The zero-order chi connectivity index (χ0) is 14.6. The lowest BCUT2D eigenvalue weighted by Crippen LogP contribution is -2.42. The molecule has 1 aromatic carbocycles. The molecule has 0 spiro atoms. The van der Waals surface area contributed by atoms with E-state index < -0.39 is 11.2 Å². The number of ether oxygens (including phenoxy) is 2. The van der Waals surface area contributed by atoms with E-state index in [1.807, 2.05) is 24.3 Å². The average Bonchev–Trinajstić information content (AvgIpc) is 3.04. The lowest BCUT2D eigenvalue weighted by Gasteiger charge is -2.25. The summed E-state index contributed by atoms with van der Waals surface area (Å²) >= 11 is 5.91. The van der Waals surface area contributed by atoms with Crippen LogP contribution in [-0.2, 0) is 20.7 Å². The Labute approximate surface area is 124 Å². The molecule has 1 aliphatic carbocycles. The minimum absolute atomic E-state index is 0.188. The molecular weight excluding hydrogens is 276 g/mol. The van der Waals surface area contributed by atoms with Gasteiger partial charge in [0.05, 0.1) is 7.11 Å². The highest BCUT2D eigenvalue weighted by atomic mass is 35.5. The standard InChI is InChI=1S/C16H19ClO3/c1-14(2)8-9-15(16(14,20-15)13(18)19-3)10-11-4-6-12(17)7-5-11/h4-7H,8-10H2,1-3H3/t15-,16-/m0/s1. The van der Waals surface area contributed by atoms with Crippen LogP contribution < -0.4 is 0 Å². The second-order valence-electron chi connectivity index (χ2n) is 6.46. The molecule has 1 heterocycles. The molecule has 1 aliphatic heterocycles. The highest BCUT2D eigenvalue weighted by Gasteiger charge is 2.84. The molecule has 0 bridgehead atoms. The molecule has 108 valence electrons. The predicted molar refractivity (Wildman–Crippen MR) is 76.7 cm³/mol. The van der Waals surface area contributed by atoms with Crippen molar-refractivity contribution in [2.24, 2.45) is 5.41 Å². The number of benzene rings is 1. The van der Waals surface area contributed by atoms with Crippen molar-refractivity contribution in [1.29, 1.82) is 0 Å². The zero-order valence-corrected chi connectivity index (χ0v) is 12.8. The summed E-state index contributed by atoms with van der Waals surface area (Å²) in [5.41, 5.74) is -0.240. The zero-order valence-electron chi connectivity index (χ0n) is 12.0. The highest BCUT2D eigenvalue weighted by molar-refractivity contribution is 6.30. The summed E-state index contributed by atoms with van der Waals surface area (Å²) in [6.07, 6.45) is 2.58. The van der Waals surface area contributed by atoms with Gasteiger partial charge in [-0.25, -0.2) is 4.79 Å². The summed E-state index contributed by atoms with van der Waals surface area (Å²) in [5, 5.41) is 0.717. The molecule has 2 aliphatic rings. The first kappa shape index (κ1) is 13.9. The third kappa shape index (κ3) is 1.66. The van der Waals surface area contributed by atoms with Crippen molar-refractivity contribution in [1.82, 2.24) is 0 Å². The van der Waals surface area contributed by atoms with Crippen LogP contribution in [0, 0.1) is 5.41 Å². The van der Waals surface area contributed by atoms with Crippen LogP contribution in [0.25, 0.3) is 0 Å². The first-order valence-electron chi connectivity index (χ1n) is 6.90. The quantitative estimate of drug-likeness (QED) is 0.634. The van der Waals surface area contributed by atoms with E-state index in [2.05, 4.69) is 13.8 Å². The number of carbonyl (C=O) groups excluding carboxylic acids is 1. The molecule has 1 saturated carbocycles. The molecule has 0 aromatic heterocycles. The Balaban J connectivity index is 1.91. The van der Waals surface area contributed by atoms with E-state index in [4.69, 9.17) is 21.1 Å². The summed E-state index contributed by atoms with van der Waals surface area (Å²) in [6.45, 7) is 4.17. The van der Waals surface area contributed by atoms with Gasteiger partial charge in [0.1, 0.15) is 5.60 Å². The summed E-state index contributed by atoms with van der Waals surface area (Å²) in [4.78, 5) is 12.3. The SMILES string of the molecule is COC(=O)[C@@]12O[C@]1(Cc1ccc(Cl)cc1)CCC2(C)C. The van der Waals surface area contributed by atoms with Gasteiger partial charge in [0.25, 0.3) is 0 Å². The van der Waals surface area contributed by atoms with Crippen molar-refractivity contribution in [2.75, 3.05) is 7.11 Å². The molecule has 2 atom stereocenters. The van der Waals surface area contributed by atoms with Crippen molar-refractivity contribution < 1.29 is 14.3 Å². The summed E-state index contributed by atoms with van der Waals surface area (Å²) in [5.74, 6) is -0.242. The van der Waals surface area contributed by atoms with Crippen molar-refractivity contribution >= 4 is 17.6 Å². The van der Waals surface area contributed by atoms with Crippen LogP contribution in [-0.4, -0.2) is 24.3 Å². The lowest BCUT2D eigenvalue weighted by atomic mass is 9.76. The van der Waals surface area contributed by atoms with Gasteiger partial charge in [0.15, 0.2) is 5.60 Å². The monoisotopic (exact) mass is 294 g/mol. The van der Waals surface area contributed by atoms with Crippen LogP contribution >= 0.6 is 11.6 Å². The van der Waals surface area contributed by atoms with E-state index in [0.717, 1.165) is 24.8 Å². The Morgan fingerprint density at radius 2 is 1.95 bits per heavy atom. The van der Waals surface area contributed by atoms with E-state index in [0.29, 0.717) is 5.02 Å². The van der Waals surface area contributed by atoms with Crippen molar-refractivity contribution in [3.8, 4) is 0 Å². The maximum Gasteiger partial charge on any atom is 0.341 e. The maximum atomic E-state index is 12.3. The van der Waals surface area contributed by atoms with Gasteiger partial charge in [-0.05, 0) is 30.5 Å². The van der Waals surface area contributed by atoms with Crippen LogP contribution in [0.5, 0.6) is 0 Å². The number of epoxide rings is 1. The van der Waals surface area contributed by atoms with Crippen molar-refractivity contribution in [2.45, 2.75) is 44.3 Å². The Morgan fingerprint density at radius 1 is 1.30 bits per heavy atom. The van der Waals surface area contributed by atoms with Crippen LogP contribution in [0.4, 0.5) is 0 Å². The minimum atomic E-state index is -0.783. The number of rotatable bonds is 3. The largest absolute Gasteiger partial charge is 0.467 e. The molecule has 4 heteroatoms. The van der Waals surface area contributed by atoms with Crippen molar-refractivity contribution in [3.63, 3.8) is 0 Å². The molecule has 3 rings (SSSR count). The summed E-state index contributed by atoms with van der Waals surface area (Å²) in [6, 6.07) is 7.73. The predicted octanol–water partition coefficient (Wildman–Crippen LogP) is 3.38. The van der Waals surface area contributed by atoms with Crippen LogP contribution in [0.3, 0.4) is 0 Å². The highest BCUT2D eigenvalue weighted by Crippen LogP contribution is 2.69. The molecule has 1 aromatic rings. The van der Waals surface area contributed by atoms with Gasteiger partial charge in [-0.1, -0.05) is 37.6 Å². The molecule has 0 amide bonds. The van der Waals surface area contributed by atoms with Gasteiger partial charge in [-0.2, -0.15) is 0 Å². The second-order valence-corrected chi connectivity index (χ2v) is 6.89. The fraction of sp³-hybridized carbons (Fsp3) is 0.562. The number of fused-ring (bicyclic) bond motifs is 1. The molecule has 3 nitrogen and oxygen atoms in total. The molecule has 0 N–H and O–H groups in total. The second kappa shape index (κ2) is 4.22. The smallest absolute Gasteiger partial charge is 0.341 e.